The molecule has 1 aromatic rings. The van der Waals surface area contributed by atoms with Gasteiger partial charge in [0.2, 0.25) is 5.91 Å². The summed E-state index contributed by atoms with van der Waals surface area (Å²) in [6, 6.07) is 7.24. The maximum absolute atomic E-state index is 12.8. The first-order valence-corrected chi connectivity index (χ1v) is 7.39. The summed E-state index contributed by atoms with van der Waals surface area (Å²) in [5.74, 6) is -1.40. The third-order valence-electron chi connectivity index (χ3n) is 4.30. The summed E-state index contributed by atoms with van der Waals surface area (Å²) in [4.78, 5) is 25.6. The molecule has 1 aromatic carbocycles. The van der Waals surface area contributed by atoms with Crippen molar-refractivity contribution in [2.45, 2.75) is 26.2 Å². The van der Waals surface area contributed by atoms with Gasteiger partial charge in [-0.2, -0.15) is 0 Å². The van der Waals surface area contributed by atoms with E-state index in [0.29, 0.717) is 11.6 Å². The molecule has 1 aliphatic rings. The number of likely N-dealkylation sites (tertiary alicyclic amines) is 1. The Bertz CT molecular complexity index is 570. The van der Waals surface area contributed by atoms with E-state index in [0.717, 1.165) is 5.56 Å². The Hall–Kier alpha value is -1.55. The number of halogens is 1. The highest BCUT2D eigenvalue weighted by Crippen LogP contribution is 2.31. The molecule has 0 bridgehead atoms. The molecule has 0 saturated carbocycles. The van der Waals surface area contributed by atoms with Crippen LogP contribution in [-0.2, 0) is 15.0 Å². The maximum Gasteiger partial charge on any atom is 0.308 e. The second kappa shape index (κ2) is 5.68. The van der Waals surface area contributed by atoms with Crippen molar-refractivity contribution < 1.29 is 14.7 Å². The maximum atomic E-state index is 12.8. The van der Waals surface area contributed by atoms with Gasteiger partial charge in [0.1, 0.15) is 0 Å². The monoisotopic (exact) mass is 309 g/mol. The number of carboxylic acids is 1. The molecule has 2 atom stereocenters. The van der Waals surface area contributed by atoms with E-state index >= 15 is 0 Å². The van der Waals surface area contributed by atoms with Gasteiger partial charge in [0.15, 0.2) is 0 Å². The highest BCUT2D eigenvalue weighted by atomic mass is 35.5. The minimum Gasteiger partial charge on any atom is -0.481 e. The Labute approximate surface area is 129 Å². The Morgan fingerprint density at radius 3 is 2.52 bits per heavy atom. The lowest BCUT2D eigenvalue weighted by Gasteiger charge is -2.30. The number of hydrogen-bond acceptors (Lipinski definition) is 2. The Morgan fingerprint density at radius 1 is 1.33 bits per heavy atom. The molecule has 1 saturated heterocycles. The van der Waals surface area contributed by atoms with Crippen LogP contribution in [0.1, 0.15) is 26.3 Å². The third kappa shape index (κ3) is 3.05. The van der Waals surface area contributed by atoms with Crippen molar-refractivity contribution in [3.8, 4) is 0 Å². The van der Waals surface area contributed by atoms with E-state index < -0.39 is 17.3 Å². The smallest absolute Gasteiger partial charge is 0.308 e. The van der Waals surface area contributed by atoms with Crippen molar-refractivity contribution in [1.29, 1.82) is 0 Å². The summed E-state index contributed by atoms with van der Waals surface area (Å²) >= 11 is 6.00. The summed E-state index contributed by atoms with van der Waals surface area (Å²) < 4.78 is 0. The number of amides is 1. The van der Waals surface area contributed by atoms with E-state index in [1.165, 1.54) is 0 Å². The number of carboxylic acid groups (broad SMARTS) is 1. The second-order valence-electron chi connectivity index (χ2n) is 6.27. The van der Waals surface area contributed by atoms with Crippen molar-refractivity contribution in [2.24, 2.45) is 11.8 Å². The number of aliphatic carboxylic acids is 1. The SMILES string of the molecule is C[C@@H]1CN(C(=O)C(C)(C)c2cccc(Cl)c2)C[C@H]1C(=O)O. The molecule has 2 rings (SSSR count). The van der Waals surface area contributed by atoms with Gasteiger partial charge in [0, 0.05) is 18.1 Å². The van der Waals surface area contributed by atoms with Gasteiger partial charge in [-0.1, -0.05) is 30.7 Å². The molecule has 1 fully saturated rings. The van der Waals surface area contributed by atoms with E-state index in [4.69, 9.17) is 11.6 Å². The van der Waals surface area contributed by atoms with Gasteiger partial charge in [-0.05, 0) is 37.5 Å². The lowest BCUT2D eigenvalue weighted by atomic mass is 9.83. The third-order valence-corrected chi connectivity index (χ3v) is 4.53. The predicted octanol–water partition coefficient (Wildman–Crippen LogP) is 2.80. The van der Waals surface area contributed by atoms with Crippen LogP contribution < -0.4 is 0 Å². The lowest BCUT2D eigenvalue weighted by Crippen LogP contribution is -2.42. The van der Waals surface area contributed by atoms with Crippen LogP contribution in [0, 0.1) is 11.8 Å². The molecule has 5 heteroatoms. The summed E-state index contributed by atoms with van der Waals surface area (Å²) in [7, 11) is 0. The van der Waals surface area contributed by atoms with Crippen molar-refractivity contribution in [1.82, 2.24) is 4.90 Å². The normalized spacial score (nSPS) is 22.4. The summed E-state index contributed by atoms with van der Waals surface area (Å²) in [6.07, 6.45) is 0. The summed E-state index contributed by atoms with van der Waals surface area (Å²) in [6.45, 7) is 6.33. The van der Waals surface area contributed by atoms with Crippen LogP contribution in [0.3, 0.4) is 0 Å². The Kier molecular flexibility index (Phi) is 4.28. The molecule has 4 nitrogen and oxygen atoms in total. The zero-order valence-electron chi connectivity index (χ0n) is 12.5. The molecule has 1 aliphatic heterocycles. The average Bonchev–Trinajstić information content (AvgIpc) is 2.80. The first-order chi connectivity index (χ1) is 9.73. The number of carbonyl (C=O) groups is 2. The van der Waals surface area contributed by atoms with E-state index in [-0.39, 0.29) is 18.4 Å². The van der Waals surface area contributed by atoms with Crippen molar-refractivity contribution in [3.63, 3.8) is 0 Å². The number of carbonyl (C=O) groups excluding carboxylic acids is 1. The van der Waals surface area contributed by atoms with Gasteiger partial charge in [0.05, 0.1) is 11.3 Å². The lowest BCUT2D eigenvalue weighted by molar-refractivity contribution is -0.142. The van der Waals surface area contributed by atoms with Crippen molar-refractivity contribution in [2.75, 3.05) is 13.1 Å². The number of benzene rings is 1. The van der Waals surface area contributed by atoms with Crippen molar-refractivity contribution >= 4 is 23.5 Å². The Balaban J connectivity index is 2.21. The topological polar surface area (TPSA) is 57.6 Å². The first kappa shape index (κ1) is 15.8. The van der Waals surface area contributed by atoms with E-state index in [1.54, 1.807) is 17.0 Å². The molecule has 1 heterocycles. The highest BCUT2D eigenvalue weighted by molar-refractivity contribution is 6.30. The standard InChI is InChI=1S/C16H20ClNO3/c1-10-8-18(9-13(10)14(19)20)15(21)16(2,3)11-5-4-6-12(17)7-11/h4-7,10,13H,8-9H2,1-3H3,(H,19,20)/t10-,13-/m1/s1. The molecular weight excluding hydrogens is 290 g/mol. The van der Waals surface area contributed by atoms with Crippen LogP contribution in [0.15, 0.2) is 24.3 Å². The molecule has 0 unspecified atom stereocenters. The summed E-state index contributed by atoms with van der Waals surface area (Å²) in [5.41, 5.74) is 0.115. The number of rotatable bonds is 3. The quantitative estimate of drug-likeness (QED) is 0.934. The van der Waals surface area contributed by atoms with Gasteiger partial charge in [0.25, 0.3) is 0 Å². The van der Waals surface area contributed by atoms with Crippen LogP contribution in [-0.4, -0.2) is 35.0 Å². The molecule has 1 amide bonds. The number of nitrogens with zero attached hydrogens (tertiary/aromatic N) is 1. The highest BCUT2D eigenvalue weighted by Gasteiger charge is 2.42. The van der Waals surface area contributed by atoms with Crippen LogP contribution in [0.2, 0.25) is 5.02 Å². The molecule has 0 spiro atoms. The zero-order valence-corrected chi connectivity index (χ0v) is 13.2. The zero-order chi connectivity index (χ0) is 15.8. The fourth-order valence-corrected chi connectivity index (χ4v) is 3.04. The van der Waals surface area contributed by atoms with E-state index in [9.17, 15) is 14.7 Å². The van der Waals surface area contributed by atoms with Gasteiger partial charge in [-0.25, -0.2) is 0 Å². The second-order valence-corrected chi connectivity index (χ2v) is 6.70. The number of hydrogen-bond donors (Lipinski definition) is 1. The minimum atomic E-state index is -0.835. The van der Waals surface area contributed by atoms with Crippen LogP contribution >= 0.6 is 11.6 Å². The summed E-state index contributed by atoms with van der Waals surface area (Å²) in [5, 5.41) is 9.77. The van der Waals surface area contributed by atoms with Gasteiger partial charge in [-0.3, -0.25) is 9.59 Å². The van der Waals surface area contributed by atoms with E-state index in [1.807, 2.05) is 32.9 Å². The fourth-order valence-electron chi connectivity index (χ4n) is 2.85. The Morgan fingerprint density at radius 2 is 2.00 bits per heavy atom. The molecule has 21 heavy (non-hydrogen) atoms. The first-order valence-electron chi connectivity index (χ1n) is 7.01. The van der Waals surface area contributed by atoms with Gasteiger partial charge >= 0.3 is 5.97 Å². The molecule has 0 aromatic heterocycles. The van der Waals surface area contributed by atoms with Crippen molar-refractivity contribution in [3.05, 3.63) is 34.9 Å². The molecule has 1 N–H and O–H groups in total. The van der Waals surface area contributed by atoms with Gasteiger partial charge in [-0.15, -0.1) is 0 Å². The molecule has 114 valence electrons. The van der Waals surface area contributed by atoms with E-state index in [2.05, 4.69) is 0 Å². The molecule has 0 aliphatic carbocycles. The predicted molar refractivity (Wildman–Crippen MR) is 81.3 cm³/mol. The minimum absolute atomic E-state index is 0.0263. The average molecular weight is 310 g/mol. The van der Waals surface area contributed by atoms with Crippen LogP contribution in [0.5, 0.6) is 0 Å². The van der Waals surface area contributed by atoms with Gasteiger partial charge < -0.3 is 10.0 Å². The van der Waals surface area contributed by atoms with Crippen LogP contribution in [0.25, 0.3) is 0 Å². The fraction of sp³-hybridized carbons (Fsp3) is 0.500. The molecular formula is C16H20ClNO3. The largest absolute Gasteiger partial charge is 0.481 e. The molecule has 0 radical (unpaired) electrons. The van der Waals surface area contributed by atoms with Crippen LogP contribution in [0.4, 0.5) is 0 Å².